The van der Waals surface area contributed by atoms with Gasteiger partial charge in [0, 0.05) is 16.8 Å². The minimum absolute atomic E-state index is 0.0947. The molecule has 35 heavy (non-hydrogen) atoms. The van der Waals surface area contributed by atoms with Crippen LogP contribution in [0, 0.1) is 0 Å². The van der Waals surface area contributed by atoms with E-state index in [1.165, 1.54) is 0 Å². The van der Waals surface area contributed by atoms with E-state index >= 15 is 0 Å². The second kappa shape index (κ2) is 11.0. The highest BCUT2D eigenvalue weighted by Crippen LogP contribution is 2.22. The van der Waals surface area contributed by atoms with Gasteiger partial charge >= 0.3 is 0 Å². The fourth-order valence-electron chi connectivity index (χ4n) is 3.13. The van der Waals surface area contributed by atoms with Crippen molar-refractivity contribution in [3.8, 4) is 23.0 Å². The molecule has 1 heterocycles. The number of benzene rings is 3. The first-order chi connectivity index (χ1) is 17.0. The number of aromatic nitrogens is 2. The first-order valence-electron chi connectivity index (χ1n) is 10.9. The molecule has 0 aliphatic rings. The lowest BCUT2D eigenvalue weighted by molar-refractivity contribution is -0.117. The van der Waals surface area contributed by atoms with Gasteiger partial charge in [-0.3, -0.25) is 9.59 Å². The minimum Gasteiger partial charge on any atom is -0.497 e. The molecular formula is C26H24N4O5. The first-order valence-corrected chi connectivity index (χ1v) is 10.9. The number of rotatable bonds is 9. The molecule has 9 heteroatoms. The van der Waals surface area contributed by atoms with Crippen LogP contribution in [-0.4, -0.2) is 35.2 Å². The van der Waals surface area contributed by atoms with Crippen molar-refractivity contribution in [2.75, 3.05) is 12.4 Å². The fraction of sp³-hybridized carbons (Fsp3) is 0.154. The Labute approximate surface area is 202 Å². The molecule has 9 nitrogen and oxygen atoms in total. The van der Waals surface area contributed by atoms with Gasteiger partial charge in [-0.15, -0.1) is 10.2 Å². The van der Waals surface area contributed by atoms with Gasteiger partial charge in [-0.1, -0.05) is 18.2 Å². The number of ether oxygens (including phenoxy) is 2. The van der Waals surface area contributed by atoms with Gasteiger partial charge in [-0.2, -0.15) is 0 Å². The fourth-order valence-corrected chi connectivity index (χ4v) is 3.13. The summed E-state index contributed by atoms with van der Waals surface area (Å²) in [7, 11) is 1.60. The van der Waals surface area contributed by atoms with E-state index in [9.17, 15) is 9.59 Å². The van der Waals surface area contributed by atoms with Gasteiger partial charge in [0.05, 0.1) is 7.11 Å². The molecule has 1 aromatic heterocycles. The van der Waals surface area contributed by atoms with Crippen LogP contribution in [0.4, 0.5) is 5.69 Å². The number of nitrogens with zero attached hydrogens (tertiary/aromatic N) is 2. The van der Waals surface area contributed by atoms with Crippen molar-refractivity contribution in [2.45, 2.75) is 19.6 Å². The summed E-state index contributed by atoms with van der Waals surface area (Å²) < 4.78 is 16.5. The van der Waals surface area contributed by atoms with E-state index in [0.29, 0.717) is 28.8 Å². The molecule has 0 bridgehead atoms. The molecule has 0 spiro atoms. The predicted molar refractivity (Wildman–Crippen MR) is 129 cm³/mol. The van der Waals surface area contributed by atoms with E-state index < -0.39 is 6.04 Å². The number of nitrogens with one attached hydrogen (secondary N) is 2. The van der Waals surface area contributed by atoms with Gasteiger partial charge in [0.1, 0.15) is 17.5 Å². The molecule has 0 aliphatic carbocycles. The van der Waals surface area contributed by atoms with Crippen molar-refractivity contribution in [1.82, 2.24) is 15.5 Å². The number of anilines is 1. The van der Waals surface area contributed by atoms with Crippen LogP contribution in [0.3, 0.4) is 0 Å². The molecule has 0 fully saturated rings. The summed E-state index contributed by atoms with van der Waals surface area (Å²) in [6.45, 7) is 1.72. The summed E-state index contributed by atoms with van der Waals surface area (Å²) in [6.07, 6.45) is 0. The summed E-state index contributed by atoms with van der Waals surface area (Å²) in [5.74, 6) is 1.38. The quantitative estimate of drug-likeness (QED) is 0.377. The summed E-state index contributed by atoms with van der Waals surface area (Å²) in [5, 5.41) is 13.5. The highest BCUT2D eigenvalue weighted by Gasteiger charge is 2.17. The summed E-state index contributed by atoms with van der Waals surface area (Å²) in [6, 6.07) is 22.1. The molecule has 0 unspecified atom stereocenters. The number of methoxy groups -OCH3 is 1. The Morgan fingerprint density at radius 1 is 0.914 bits per heavy atom. The van der Waals surface area contributed by atoms with Crippen molar-refractivity contribution < 1.29 is 23.5 Å². The van der Waals surface area contributed by atoms with E-state index in [1.807, 2.05) is 30.3 Å². The Balaban J connectivity index is 1.27. The first kappa shape index (κ1) is 23.5. The van der Waals surface area contributed by atoms with Crippen LogP contribution in [0.5, 0.6) is 11.5 Å². The van der Waals surface area contributed by atoms with Crippen molar-refractivity contribution in [1.29, 1.82) is 0 Å². The molecular weight excluding hydrogens is 448 g/mol. The van der Waals surface area contributed by atoms with Crippen molar-refractivity contribution in [3.05, 3.63) is 90.3 Å². The Morgan fingerprint density at radius 3 is 2.29 bits per heavy atom. The van der Waals surface area contributed by atoms with Gasteiger partial charge in [-0.25, -0.2) is 0 Å². The normalized spacial score (nSPS) is 11.4. The second-order valence-electron chi connectivity index (χ2n) is 7.59. The lowest BCUT2D eigenvalue weighted by Crippen LogP contribution is -2.41. The molecule has 0 aliphatic heterocycles. The number of carbonyl (C=O) groups is 2. The van der Waals surface area contributed by atoms with Crippen LogP contribution in [-0.2, 0) is 11.4 Å². The standard InChI is InChI=1S/C26H24N4O5/c1-17(27-25(32)18-6-4-3-5-7-18)24(31)28-20-10-14-22(15-11-20)34-16-23-29-30-26(35-23)19-8-12-21(33-2)13-9-19/h3-15,17H,16H2,1-2H3,(H,27,32)(H,28,31)/t17-/m0/s1. The molecule has 0 saturated heterocycles. The SMILES string of the molecule is COc1ccc(-c2nnc(COc3ccc(NC(=O)[C@H](C)NC(=O)c4ccccc4)cc3)o2)cc1. The molecule has 4 aromatic rings. The van der Waals surface area contributed by atoms with Gasteiger partial charge in [0.2, 0.25) is 11.8 Å². The van der Waals surface area contributed by atoms with Crippen molar-refractivity contribution in [3.63, 3.8) is 0 Å². The largest absolute Gasteiger partial charge is 0.497 e. The topological polar surface area (TPSA) is 116 Å². The molecule has 1 atom stereocenters. The zero-order valence-electron chi connectivity index (χ0n) is 19.2. The Bertz CT molecular complexity index is 1270. The van der Waals surface area contributed by atoms with Gasteiger partial charge in [0.15, 0.2) is 6.61 Å². The molecule has 0 radical (unpaired) electrons. The monoisotopic (exact) mass is 472 g/mol. The lowest BCUT2D eigenvalue weighted by Gasteiger charge is -2.14. The van der Waals surface area contributed by atoms with Crippen LogP contribution in [0.2, 0.25) is 0 Å². The molecule has 178 valence electrons. The van der Waals surface area contributed by atoms with E-state index in [-0.39, 0.29) is 18.4 Å². The molecule has 2 N–H and O–H groups in total. The Kier molecular flexibility index (Phi) is 7.37. The van der Waals surface area contributed by atoms with Crippen LogP contribution in [0.15, 0.2) is 83.3 Å². The molecule has 3 aromatic carbocycles. The van der Waals surface area contributed by atoms with Gasteiger partial charge < -0.3 is 24.5 Å². The number of amides is 2. The summed E-state index contributed by atoms with van der Waals surface area (Å²) in [4.78, 5) is 24.7. The zero-order valence-corrected chi connectivity index (χ0v) is 19.2. The zero-order chi connectivity index (χ0) is 24.6. The average molecular weight is 473 g/mol. The Hall–Kier alpha value is -4.66. The third-order valence-electron chi connectivity index (χ3n) is 5.06. The van der Waals surface area contributed by atoms with Gasteiger partial charge in [-0.05, 0) is 67.6 Å². The summed E-state index contributed by atoms with van der Waals surface area (Å²) >= 11 is 0. The molecule has 0 saturated carbocycles. The molecule has 2 amide bonds. The van der Waals surface area contributed by atoms with Crippen LogP contribution >= 0.6 is 0 Å². The van der Waals surface area contributed by atoms with E-state index in [4.69, 9.17) is 13.9 Å². The molecule has 4 rings (SSSR count). The maximum atomic E-state index is 12.4. The highest BCUT2D eigenvalue weighted by molar-refractivity contribution is 6.00. The minimum atomic E-state index is -0.712. The van der Waals surface area contributed by atoms with Crippen LogP contribution in [0.1, 0.15) is 23.2 Å². The van der Waals surface area contributed by atoms with Crippen LogP contribution in [0.25, 0.3) is 11.5 Å². The number of carbonyl (C=O) groups excluding carboxylic acids is 2. The predicted octanol–water partition coefficient (Wildman–Crippen LogP) is 4.08. The van der Waals surface area contributed by atoms with Crippen molar-refractivity contribution in [2.24, 2.45) is 0 Å². The average Bonchev–Trinajstić information content (AvgIpc) is 3.38. The maximum absolute atomic E-state index is 12.4. The third kappa shape index (κ3) is 6.23. The maximum Gasteiger partial charge on any atom is 0.254 e. The van der Waals surface area contributed by atoms with Crippen LogP contribution < -0.4 is 20.1 Å². The number of hydrogen-bond donors (Lipinski definition) is 2. The van der Waals surface area contributed by atoms with E-state index in [1.54, 1.807) is 62.6 Å². The highest BCUT2D eigenvalue weighted by atomic mass is 16.5. The smallest absolute Gasteiger partial charge is 0.254 e. The van der Waals surface area contributed by atoms with E-state index in [0.717, 1.165) is 11.3 Å². The van der Waals surface area contributed by atoms with Crippen molar-refractivity contribution >= 4 is 17.5 Å². The number of hydrogen-bond acceptors (Lipinski definition) is 7. The van der Waals surface area contributed by atoms with Gasteiger partial charge in [0.25, 0.3) is 11.8 Å². The second-order valence-corrected chi connectivity index (χ2v) is 7.59. The lowest BCUT2D eigenvalue weighted by atomic mass is 10.2. The Morgan fingerprint density at radius 2 is 1.60 bits per heavy atom. The van der Waals surface area contributed by atoms with E-state index in [2.05, 4.69) is 20.8 Å². The summed E-state index contributed by atoms with van der Waals surface area (Å²) in [5.41, 5.74) is 1.84. The third-order valence-corrected chi connectivity index (χ3v) is 5.06.